The van der Waals surface area contributed by atoms with Gasteiger partial charge in [0, 0.05) is 37.3 Å². The zero-order valence-corrected chi connectivity index (χ0v) is 20.0. The first-order chi connectivity index (χ1) is 14.8. The highest BCUT2D eigenvalue weighted by Crippen LogP contribution is 2.31. The Morgan fingerprint density at radius 1 is 1.10 bits per heavy atom. The average molecular weight is 476 g/mol. The Labute approximate surface area is 191 Å². The Kier molecular flexibility index (Phi) is 6.55. The molecule has 1 aromatic heterocycles. The van der Waals surface area contributed by atoms with Crippen LogP contribution in [0.25, 0.3) is 10.2 Å². The van der Waals surface area contributed by atoms with Gasteiger partial charge in [-0.3, -0.25) is 4.79 Å². The Bertz CT molecular complexity index is 1180. The number of nitrogens with zero attached hydrogens (tertiary/aromatic N) is 3. The van der Waals surface area contributed by atoms with Gasteiger partial charge < -0.3 is 9.80 Å². The fourth-order valence-corrected chi connectivity index (χ4v) is 6.00. The number of sulfone groups is 1. The van der Waals surface area contributed by atoms with Gasteiger partial charge in [-0.2, -0.15) is 0 Å². The molecule has 0 bridgehead atoms. The van der Waals surface area contributed by atoms with E-state index >= 15 is 0 Å². The lowest BCUT2D eigenvalue weighted by atomic mass is 10.1. The molecular weight excluding hydrogens is 450 g/mol. The summed E-state index contributed by atoms with van der Waals surface area (Å²) in [6, 6.07) is 13.3. The summed E-state index contributed by atoms with van der Waals surface area (Å²) in [5.41, 5.74) is 1.84. The summed E-state index contributed by atoms with van der Waals surface area (Å²) < 4.78 is 24.5. The van der Waals surface area contributed by atoms with Crippen molar-refractivity contribution in [1.82, 2.24) is 9.88 Å². The number of hydrogen-bond donors (Lipinski definition) is 0. The molecule has 0 unspecified atom stereocenters. The first-order valence-electron chi connectivity index (χ1n) is 10.2. The topological polar surface area (TPSA) is 70.6 Å². The zero-order chi connectivity index (χ0) is 22.0. The molecule has 1 amide bonds. The van der Waals surface area contributed by atoms with Crippen LogP contribution in [0.2, 0.25) is 0 Å². The molecule has 0 radical (unpaired) electrons. The van der Waals surface area contributed by atoms with E-state index in [9.17, 15) is 13.2 Å². The van der Waals surface area contributed by atoms with E-state index in [0.29, 0.717) is 24.4 Å². The number of thioether (sulfide) groups is 1. The van der Waals surface area contributed by atoms with Crippen molar-refractivity contribution >= 4 is 54.2 Å². The lowest BCUT2D eigenvalue weighted by Gasteiger charge is -2.34. The maximum absolute atomic E-state index is 12.7. The Morgan fingerprint density at radius 2 is 1.81 bits per heavy atom. The number of fused-ring (bicyclic) bond motifs is 1. The van der Waals surface area contributed by atoms with Gasteiger partial charge in [-0.05, 0) is 41.6 Å². The number of piperazine rings is 1. The van der Waals surface area contributed by atoms with Crippen LogP contribution >= 0.6 is 23.1 Å². The minimum Gasteiger partial charge on any atom is -0.345 e. The largest absolute Gasteiger partial charge is 0.345 e. The van der Waals surface area contributed by atoms with Gasteiger partial charge in [-0.25, -0.2) is 13.4 Å². The molecule has 1 aliphatic heterocycles. The van der Waals surface area contributed by atoms with Crippen LogP contribution in [0.15, 0.2) is 52.3 Å². The summed E-state index contributed by atoms with van der Waals surface area (Å²) in [7, 11) is -3.24. The van der Waals surface area contributed by atoms with E-state index in [0.717, 1.165) is 39.8 Å². The van der Waals surface area contributed by atoms with Gasteiger partial charge >= 0.3 is 0 Å². The summed E-state index contributed by atoms with van der Waals surface area (Å²) in [6.07, 6.45) is 1.64. The Morgan fingerprint density at radius 3 is 2.45 bits per heavy atom. The van der Waals surface area contributed by atoms with Crippen LogP contribution in [0.3, 0.4) is 0 Å². The molecule has 31 heavy (non-hydrogen) atoms. The fraction of sp³-hybridized carbons (Fsp3) is 0.364. The molecule has 2 heterocycles. The van der Waals surface area contributed by atoms with Gasteiger partial charge in [0.25, 0.3) is 0 Å². The molecule has 0 spiro atoms. The quantitative estimate of drug-likeness (QED) is 0.506. The number of aromatic nitrogens is 1. The van der Waals surface area contributed by atoms with Crippen LogP contribution < -0.4 is 4.90 Å². The molecule has 164 valence electrons. The van der Waals surface area contributed by atoms with Crippen molar-refractivity contribution in [2.45, 2.75) is 23.1 Å². The van der Waals surface area contributed by atoms with Gasteiger partial charge in [-0.15, -0.1) is 11.8 Å². The summed E-state index contributed by atoms with van der Waals surface area (Å²) >= 11 is 3.29. The van der Waals surface area contributed by atoms with Crippen molar-refractivity contribution in [2.75, 3.05) is 43.1 Å². The minimum absolute atomic E-state index is 0.151. The molecule has 0 atom stereocenters. The number of anilines is 1. The van der Waals surface area contributed by atoms with Crippen molar-refractivity contribution < 1.29 is 13.2 Å². The van der Waals surface area contributed by atoms with E-state index in [1.165, 1.54) is 22.5 Å². The smallest absolute Gasteiger partial charge is 0.227 e. The molecule has 9 heteroatoms. The van der Waals surface area contributed by atoms with E-state index in [1.807, 2.05) is 17.0 Å². The number of amides is 1. The number of benzene rings is 2. The highest BCUT2D eigenvalue weighted by atomic mass is 32.2. The summed E-state index contributed by atoms with van der Waals surface area (Å²) in [4.78, 5) is 23.0. The number of carbonyl (C=O) groups is 1. The Hall–Kier alpha value is -2.10. The summed E-state index contributed by atoms with van der Waals surface area (Å²) in [5, 5.41) is 0.872. The summed E-state index contributed by atoms with van der Waals surface area (Å²) in [6.45, 7) is 4.89. The molecule has 1 fully saturated rings. The van der Waals surface area contributed by atoms with Crippen molar-refractivity contribution in [2.24, 2.45) is 0 Å². The predicted molar refractivity (Wildman–Crippen MR) is 128 cm³/mol. The maximum atomic E-state index is 12.7. The number of carbonyl (C=O) groups excluding carboxylic acids is 1. The van der Waals surface area contributed by atoms with E-state index < -0.39 is 9.84 Å². The third kappa shape index (κ3) is 5.22. The average Bonchev–Trinajstić information content (AvgIpc) is 3.18. The SMILES string of the molecule is CCSc1ccc(CC(=O)N2CCN(c3nc4ccc(S(C)(=O)=O)cc4s3)CC2)cc1. The second-order valence-electron chi connectivity index (χ2n) is 7.52. The molecule has 3 aromatic rings. The lowest BCUT2D eigenvalue weighted by molar-refractivity contribution is -0.130. The number of thiazole rings is 1. The van der Waals surface area contributed by atoms with Gasteiger partial charge in [0.05, 0.1) is 21.5 Å². The first-order valence-corrected chi connectivity index (χ1v) is 13.9. The highest BCUT2D eigenvalue weighted by Gasteiger charge is 2.23. The van der Waals surface area contributed by atoms with Crippen molar-refractivity contribution in [3.8, 4) is 0 Å². The van der Waals surface area contributed by atoms with Crippen LogP contribution in [-0.4, -0.2) is 62.4 Å². The van der Waals surface area contributed by atoms with Gasteiger partial charge in [0.15, 0.2) is 15.0 Å². The minimum atomic E-state index is -3.24. The van der Waals surface area contributed by atoms with Crippen LogP contribution in [0.4, 0.5) is 5.13 Å². The number of rotatable bonds is 6. The lowest BCUT2D eigenvalue weighted by Crippen LogP contribution is -2.49. The van der Waals surface area contributed by atoms with Crippen LogP contribution in [-0.2, 0) is 21.1 Å². The highest BCUT2D eigenvalue weighted by molar-refractivity contribution is 7.99. The van der Waals surface area contributed by atoms with Crippen LogP contribution in [0, 0.1) is 0 Å². The molecule has 0 saturated carbocycles. The third-order valence-corrected chi connectivity index (χ3v) is 8.35. The standard InChI is InChI=1S/C22H25N3O3S3/c1-3-29-17-6-4-16(5-7-17)14-21(26)24-10-12-25(13-11-24)22-23-19-9-8-18(31(2,27)28)15-20(19)30-22/h4-9,15H,3,10-14H2,1-2H3. The van der Waals surface area contributed by atoms with E-state index in [2.05, 4.69) is 28.9 Å². The first kappa shape index (κ1) is 22.1. The Balaban J connectivity index is 1.37. The molecular formula is C22H25N3O3S3. The van der Waals surface area contributed by atoms with Crippen LogP contribution in [0.5, 0.6) is 0 Å². The molecule has 4 rings (SSSR count). The second-order valence-corrected chi connectivity index (χ2v) is 11.9. The molecule has 2 aromatic carbocycles. The molecule has 6 nitrogen and oxygen atoms in total. The van der Waals surface area contributed by atoms with Gasteiger partial charge in [0.2, 0.25) is 5.91 Å². The van der Waals surface area contributed by atoms with E-state index in [1.54, 1.807) is 30.0 Å². The monoisotopic (exact) mass is 475 g/mol. The maximum Gasteiger partial charge on any atom is 0.227 e. The molecule has 1 aliphatic rings. The molecule has 1 saturated heterocycles. The van der Waals surface area contributed by atoms with Crippen LogP contribution in [0.1, 0.15) is 12.5 Å². The summed E-state index contributed by atoms with van der Waals surface area (Å²) in [5.74, 6) is 1.19. The fourth-order valence-electron chi connectivity index (χ4n) is 3.56. The van der Waals surface area contributed by atoms with E-state index in [4.69, 9.17) is 0 Å². The normalized spacial score (nSPS) is 14.9. The number of hydrogen-bond acceptors (Lipinski definition) is 7. The third-order valence-electron chi connectivity index (χ3n) is 5.27. The predicted octanol–water partition coefficient (Wildman–Crippen LogP) is 3.70. The van der Waals surface area contributed by atoms with Gasteiger partial charge in [0.1, 0.15) is 0 Å². The van der Waals surface area contributed by atoms with Gasteiger partial charge in [-0.1, -0.05) is 30.4 Å². The van der Waals surface area contributed by atoms with Crippen molar-refractivity contribution in [3.05, 3.63) is 48.0 Å². The van der Waals surface area contributed by atoms with E-state index in [-0.39, 0.29) is 5.91 Å². The van der Waals surface area contributed by atoms with Crippen molar-refractivity contribution in [3.63, 3.8) is 0 Å². The van der Waals surface area contributed by atoms with Crippen molar-refractivity contribution in [1.29, 1.82) is 0 Å². The molecule has 0 aliphatic carbocycles. The molecule has 0 N–H and O–H groups in total. The second kappa shape index (κ2) is 9.18. The zero-order valence-electron chi connectivity index (χ0n) is 17.6.